The zero-order valence-electron chi connectivity index (χ0n) is 3.59. The number of rotatable bonds is 1. The van der Waals surface area contributed by atoms with E-state index >= 15 is 0 Å². The highest BCUT2D eigenvalue weighted by molar-refractivity contribution is 6.40. The Labute approximate surface area is 43.7 Å². The highest BCUT2D eigenvalue weighted by Crippen LogP contribution is 1.73. The van der Waals surface area contributed by atoms with E-state index in [1.54, 1.807) is 6.92 Å². The van der Waals surface area contributed by atoms with Crippen LogP contribution in [0, 0.1) is 0 Å². The number of halogens is 1. The van der Waals surface area contributed by atoms with Gasteiger partial charge in [0.25, 0.3) is 0 Å². The van der Waals surface area contributed by atoms with Crippen LogP contribution in [0.4, 0.5) is 0 Å². The molecule has 0 spiro atoms. The van der Waals surface area contributed by atoms with E-state index in [0.29, 0.717) is 6.32 Å². The molecule has 0 aliphatic heterocycles. The highest BCUT2D eigenvalue weighted by Gasteiger charge is 1.96. The molecule has 2 N–H and O–H groups in total. The second kappa shape index (κ2) is 5.27. The smallest absolute Gasteiger partial charge is 0.427 e. The molecule has 0 aliphatic rings. The summed E-state index contributed by atoms with van der Waals surface area (Å²) in [7, 11) is -1.12. The van der Waals surface area contributed by atoms with Crippen molar-refractivity contribution >= 4 is 19.5 Å². The zero-order chi connectivity index (χ0) is 4.28. The van der Waals surface area contributed by atoms with Gasteiger partial charge in [-0.2, -0.15) is 0 Å². The van der Waals surface area contributed by atoms with Gasteiger partial charge in [-0.15, -0.1) is 12.4 Å². The molecule has 0 rings (SSSR count). The van der Waals surface area contributed by atoms with E-state index in [9.17, 15) is 0 Å². The average molecular weight is 110 g/mol. The predicted molar refractivity (Wildman–Crippen MR) is 27.9 cm³/mol. The van der Waals surface area contributed by atoms with E-state index in [1.807, 2.05) is 0 Å². The maximum absolute atomic E-state index is 7.92. The first kappa shape index (κ1) is 9.55. The van der Waals surface area contributed by atoms with Crippen molar-refractivity contribution in [1.29, 1.82) is 0 Å². The van der Waals surface area contributed by atoms with Crippen LogP contribution in [0.5, 0.6) is 0 Å². The van der Waals surface area contributed by atoms with Crippen molar-refractivity contribution in [3.05, 3.63) is 0 Å². The summed E-state index contributed by atoms with van der Waals surface area (Å²) in [6.45, 7) is 1.70. The van der Waals surface area contributed by atoms with Gasteiger partial charge in [0, 0.05) is 0 Å². The lowest BCUT2D eigenvalue weighted by Gasteiger charge is -1.81. The maximum atomic E-state index is 7.92. The van der Waals surface area contributed by atoms with Crippen molar-refractivity contribution in [1.82, 2.24) is 0 Å². The van der Waals surface area contributed by atoms with Crippen LogP contribution in [-0.4, -0.2) is 17.2 Å². The fourth-order valence-corrected chi connectivity index (χ4v) is 0. The molecule has 0 radical (unpaired) electrons. The van der Waals surface area contributed by atoms with Gasteiger partial charge in [0.1, 0.15) is 0 Å². The van der Waals surface area contributed by atoms with E-state index < -0.39 is 7.12 Å². The summed E-state index contributed by atoms with van der Waals surface area (Å²) in [5.74, 6) is 0. The van der Waals surface area contributed by atoms with E-state index in [1.165, 1.54) is 0 Å². The minimum absolute atomic E-state index is 0. The molecule has 0 aliphatic carbocycles. The summed E-state index contributed by atoms with van der Waals surface area (Å²) < 4.78 is 0. The van der Waals surface area contributed by atoms with Crippen LogP contribution in [0.2, 0.25) is 6.32 Å². The molecule has 0 unspecified atom stereocenters. The number of hydrogen-bond acceptors (Lipinski definition) is 2. The fourth-order valence-electron chi connectivity index (χ4n) is 0. The second-order valence-electron chi connectivity index (χ2n) is 0.889. The Morgan fingerprint density at radius 3 is 1.67 bits per heavy atom. The first-order valence-electron chi connectivity index (χ1n) is 1.63. The van der Waals surface area contributed by atoms with Crippen LogP contribution in [0.1, 0.15) is 6.92 Å². The van der Waals surface area contributed by atoms with E-state index in [0.717, 1.165) is 0 Å². The number of hydrogen-bond donors (Lipinski definition) is 2. The third kappa shape index (κ3) is 8.86. The Balaban J connectivity index is 0. The van der Waals surface area contributed by atoms with Gasteiger partial charge < -0.3 is 10.0 Å². The van der Waals surface area contributed by atoms with Crippen molar-refractivity contribution in [2.75, 3.05) is 0 Å². The second-order valence-corrected chi connectivity index (χ2v) is 0.889. The molecule has 0 fully saturated rings. The van der Waals surface area contributed by atoms with E-state index in [4.69, 9.17) is 10.0 Å². The molecule has 0 aromatic rings. The summed E-state index contributed by atoms with van der Waals surface area (Å²) in [6.07, 6.45) is 0.417. The van der Waals surface area contributed by atoms with Crippen LogP contribution in [-0.2, 0) is 0 Å². The molecule has 0 bridgehead atoms. The lowest BCUT2D eigenvalue weighted by molar-refractivity contribution is 0.408. The van der Waals surface area contributed by atoms with Gasteiger partial charge in [-0.05, 0) is 6.32 Å². The molecule has 4 heteroatoms. The zero-order valence-corrected chi connectivity index (χ0v) is 4.40. The Hall–Kier alpha value is 0.275. The summed E-state index contributed by atoms with van der Waals surface area (Å²) >= 11 is 0. The minimum atomic E-state index is -1.12. The molecule has 0 heterocycles. The Morgan fingerprint density at radius 1 is 1.50 bits per heavy atom. The molecule has 0 amide bonds. The van der Waals surface area contributed by atoms with E-state index in [-0.39, 0.29) is 12.4 Å². The monoisotopic (exact) mass is 110 g/mol. The summed E-state index contributed by atoms with van der Waals surface area (Å²) in [6, 6.07) is 0. The van der Waals surface area contributed by atoms with Crippen molar-refractivity contribution in [3.63, 3.8) is 0 Å². The maximum Gasteiger partial charge on any atom is 0.451 e. The third-order valence-corrected chi connectivity index (χ3v) is 0.365. The Kier molecular flexibility index (Phi) is 8.40. The van der Waals surface area contributed by atoms with Crippen LogP contribution < -0.4 is 0 Å². The van der Waals surface area contributed by atoms with Gasteiger partial charge in [-0.3, -0.25) is 0 Å². The lowest BCUT2D eigenvalue weighted by Crippen LogP contribution is -2.06. The summed E-state index contributed by atoms with van der Waals surface area (Å²) in [5, 5.41) is 15.8. The summed E-state index contributed by atoms with van der Waals surface area (Å²) in [4.78, 5) is 0. The summed E-state index contributed by atoms with van der Waals surface area (Å²) in [5.41, 5.74) is 0. The van der Waals surface area contributed by atoms with Gasteiger partial charge in [0.15, 0.2) is 0 Å². The standard InChI is InChI=1S/C2H7BO2.ClH/c1-2-3(4)5;/h4-5H,2H2,1H3;1H. The van der Waals surface area contributed by atoms with Gasteiger partial charge in [0.05, 0.1) is 0 Å². The molecule has 38 valence electrons. The quantitative estimate of drug-likeness (QED) is 0.463. The normalized spacial score (nSPS) is 6.50. The third-order valence-electron chi connectivity index (χ3n) is 0.365. The van der Waals surface area contributed by atoms with Gasteiger partial charge >= 0.3 is 7.12 Å². The largest absolute Gasteiger partial charge is 0.451 e. The van der Waals surface area contributed by atoms with Gasteiger partial charge in [-0.1, -0.05) is 6.92 Å². The first-order valence-corrected chi connectivity index (χ1v) is 1.63. The van der Waals surface area contributed by atoms with Crippen LogP contribution >= 0.6 is 12.4 Å². The van der Waals surface area contributed by atoms with E-state index in [2.05, 4.69) is 0 Å². The van der Waals surface area contributed by atoms with Crippen LogP contribution in [0.15, 0.2) is 0 Å². The molecule has 0 saturated heterocycles. The first-order chi connectivity index (χ1) is 2.27. The van der Waals surface area contributed by atoms with Crippen molar-refractivity contribution in [2.45, 2.75) is 13.2 Å². The van der Waals surface area contributed by atoms with Crippen LogP contribution in [0.3, 0.4) is 0 Å². The molecule has 0 saturated carbocycles. The molecule has 2 nitrogen and oxygen atoms in total. The van der Waals surface area contributed by atoms with Gasteiger partial charge in [-0.25, -0.2) is 0 Å². The van der Waals surface area contributed by atoms with Crippen molar-refractivity contribution in [3.8, 4) is 0 Å². The fraction of sp³-hybridized carbons (Fsp3) is 1.00. The lowest BCUT2D eigenvalue weighted by atomic mass is 9.88. The van der Waals surface area contributed by atoms with Gasteiger partial charge in [0.2, 0.25) is 0 Å². The molecule has 0 atom stereocenters. The molecule has 0 aromatic carbocycles. The minimum Gasteiger partial charge on any atom is -0.427 e. The molecule has 0 aromatic heterocycles. The Morgan fingerprint density at radius 2 is 1.67 bits per heavy atom. The van der Waals surface area contributed by atoms with Crippen LogP contribution in [0.25, 0.3) is 0 Å². The molecular weight excluding hydrogens is 102 g/mol. The van der Waals surface area contributed by atoms with Crippen molar-refractivity contribution in [2.24, 2.45) is 0 Å². The Bertz CT molecular complexity index is 25.5. The SMILES string of the molecule is CCB(O)O.Cl. The molecular formula is C2H8BClO2. The van der Waals surface area contributed by atoms with Crippen molar-refractivity contribution < 1.29 is 10.0 Å². The highest BCUT2D eigenvalue weighted by atomic mass is 35.5. The molecule has 6 heavy (non-hydrogen) atoms. The average Bonchev–Trinajstić information content (AvgIpc) is 1.38. The topological polar surface area (TPSA) is 40.5 Å². The predicted octanol–water partition coefficient (Wildman–Crippen LogP) is -0.0991.